The molecule has 2 rings (SSSR count). The van der Waals surface area contributed by atoms with Crippen LogP contribution in [0.5, 0.6) is 0 Å². The molecule has 0 bridgehead atoms. The Morgan fingerprint density at radius 2 is 1.65 bits per heavy atom. The Kier molecular flexibility index (Phi) is 3.16. The monoisotopic (exact) mass is 244 g/mol. The van der Waals surface area contributed by atoms with Gasteiger partial charge in [-0.2, -0.15) is 0 Å². The molecule has 0 N–H and O–H groups in total. The summed E-state index contributed by atoms with van der Waals surface area (Å²) in [5.41, 5.74) is 0.870. The maximum atomic E-state index is 12.2. The molecule has 0 amide bonds. The third-order valence-electron chi connectivity index (χ3n) is 2.60. The number of ketones is 1. The minimum Gasteiger partial charge on any atom is -0.288 e. The summed E-state index contributed by atoms with van der Waals surface area (Å²) in [6.07, 6.45) is 0. The van der Waals surface area contributed by atoms with Gasteiger partial charge in [0.05, 0.1) is 4.88 Å². The van der Waals surface area contributed by atoms with Crippen LogP contribution in [-0.2, 0) is 5.41 Å². The van der Waals surface area contributed by atoms with Crippen molar-refractivity contribution in [2.45, 2.75) is 26.2 Å². The third kappa shape index (κ3) is 2.64. The molecule has 0 aliphatic carbocycles. The summed E-state index contributed by atoms with van der Waals surface area (Å²) in [6, 6.07) is 13.4. The van der Waals surface area contributed by atoms with Crippen molar-refractivity contribution in [3.63, 3.8) is 0 Å². The number of carbonyl (C=O) groups excluding carboxylic acids is 1. The van der Waals surface area contributed by atoms with Crippen LogP contribution in [0.1, 0.15) is 40.9 Å². The Morgan fingerprint density at radius 3 is 2.18 bits per heavy atom. The Labute approximate surface area is 106 Å². The molecule has 1 nitrogen and oxygen atoms in total. The minimum atomic E-state index is 0.111. The fourth-order valence-corrected chi connectivity index (χ4v) is 2.62. The third-order valence-corrected chi connectivity index (χ3v) is 4.11. The minimum absolute atomic E-state index is 0.111. The van der Waals surface area contributed by atoms with Crippen molar-refractivity contribution in [1.82, 2.24) is 0 Å². The predicted octanol–water partition coefficient (Wildman–Crippen LogP) is 4.28. The first kappa shape index (κ1) is 12.1. The van der Waals surface area contributed by atoms with Crippen molar-refractivity contribution >= 4 is 17.1 Å². The van der Waals surface area contributed by atoms with Gasteiger partial charge in [-0.1, -0.05) is 51.1 Å². The summed E-state index contributed by atoms with van der Waals surface area (Å²) >= 11 is 1.59. The summed E-state index contributed by atoms with van der Waals surface area (Å²) < 4.78 is 0. The molecule has 1 aromatic carbocycles. The maximum absolute atomic E-state index is 12.2. The zero-order chi connectivity index (χ0) is 12.5. The van der Waals surface area contributed by atoms with Gasteiger partial charge in [0, 0.05) is 10.4 Å². The molecule has 0 saturated heterocycles. The van der Waals surface area contributed by atoms with Crippen LogP contribution in [0.4, 0.5) is 0 Å². The number of hydrogen-bond acceptors (Lipinski definition) is 2. The van der Waals surface area contributed by atoms with Crippen LogP contribution in [0.15, 0.2) is 42.5 Å². The van der Waals surface area contributed by atoms with Gasteiger partial charge in [-0.05, 0) is 17.5 Å². The molecule has 0 aliphatic heterocycles. The van der Waals surface area contributed by atoms with Crippen LogP contribution in [0.25, 0.3) is 0 Å². The van der Waals surface area contributed by atoms with Gasteiger partial charge in [0.25, 0.3) is 0 Å². The Bertz CT molecular complexity index is 517. The zero-order valence-electron chi connectivity index (χ0n) is 10.4. The normalized spacial score (nSPS) is 11.5. The summed E-state index contributed by atoms with van der Waals surface area (Å²) in [4.78, 5) is 14.3. The van der Waals surface area contributed by atoms with E-state index in [1.807, 2.05) is 36.4 Å². The van der Waals surface area contributed by atoms with E-state index in [1.165, 1.54) is 4.88 Å². The fourth-order valence-electron chi connectivity index (χ4n) is 1.59. The van der Waals surface area contributed by atoms with Gasteiger partial charge in [0.2, 0.25) is 5.78 Å². The van der Waals surface area contributed by atoms with E-state index in [0.717, 1.165) is 10.4 Å². The van der Waals surface area contributed by atoms with Crippen LogP contribution in [0.2, 0.25) is 0 Å². The number of thiophene rings is 1. The van der Waals surface area contributed by atoms with E-state index in [1.54, 1.807) is 11.3 Å². The maximum Gasteiger partial charge on any atom is 0.202 e. The highest BCUT2D eigenvalue weighted by Crippen LogP contribution is 2.30. The molecular weight excluding hydrogens is 228 g/mol. The van der Waals surface area contributed by atoms with Gasteiger partial charge in [0.1, 0.15) is 0 Å². The molecule has 2 heteroatoms. The average molecular weight is 244 g/mol. The standard InChI is InChI=1S/C15H16OS/c1-15(2,3)13-10-9-12(17-13)14(16)11-7-5-4-6-8-11/h4-10H,1-3H3. The zero-order valence-corrected chi connectivity index (χ0v) is 11.2. The fraction of sp³-hybridized carbons (Fsp3) is 0.267. The number of carbonyl (C=O) groups is 1. The second-order valence-electron chi connectivity index (χ2n) is 5.11. The average Bonchev–Trinajstić information content (AvgIpc) is 2.78. The number of hydrogen-bond donors (Lipinski definition) is 0. The van der Waals surface area contributed by atoms with Crippen LogP contribution < -0.4 is 0 Å². The van der Waals surface area contributed by atoms with Crippen molar-refractivity contribution in [2.24, 2.45) is 0 Å². The Balaban J connectivity index is 2.30. The van der Waals surface area contributed by atoms with Crippen LogP contribution in [0.3, 0.4) is 0 Å². The van der Waals surface area contributed by atoms with Gasteiger partial charge >= 0.3 is 0 Å². The summed E-state index contributed by atoms with van der Waals surface area (Å²) in [5, 5.41) is 0. The van der Waals surface area contributed by atoms with Crippen molar-refractivity contribution in [3.8, 4) is 0 Å². The smallest absolute Gasteiger partial charge is 0.202 e. The lowest BCUT2D eigenvalue weighted by Crippen LogP contribution is -2.07. The van der Waals surface area contributed by atoms with E-state index in [4.69, 9.17) is 0 Å². The van der Waals surface area contributed by atoms with Crippen LogP contribution in [-0.4, -0.2) is 5.78 Å². The summed E-state index contributed by atoms with van der Waals surface area (Å²) in [7, 11) is 0. The molecule has 0 saturated carbocycles. The van der Waals surface area contributed by atoms with E-state index < -0.39 is 0 Å². The molecule has 1 aromatic heterocycles. The van der Waals surface area contributed by atoms with Crippen molar-refractivity contribution < 1.29 is 4.79 Å². The van der Waals surface area contributed by atoms with Crippen molar-refractivity contribution in [3.05, 3.63) is 57.8 Å². The molecule has 88 valence electrons. The molecule has 1 heterocycles. The van der Waals surface area contributed by atoms with E-state index in [0.29, 0.717) is 0 Å². The molecule has 0 radical (unpaired) electrons. The highest BCUT2D eigenvalue weighted by molar-refractivity contribution is 7.14. The van der Waals surface area contributed by atoms with Gasteiger partial charge in [-0.3, -0.25) is 4.79 Å². The van der Waals surface area contributed by atoms with E-state index in [2.05, 4.69) is 26.8 Å². The lowest BCUT2D eigenvalue weighted by atomic mass is 9.95. The first-order valence-corrected chi connectivity index (χ1v) is 6.50. The molecule has 0 unspecified atom stereocenters. The molecule has 0 aliphatic rings. The van der Waals surface area contributed by atoms with Crippen LogP contribution in [0, 0.1) is 0 Å². The lowest BCUT2D eigenvalue weighted by molar-refractivity contribution is 0.104. The van der Waals surface area contributed by atoms with Gasteiger partial charge in [-0.15, -0.1) is 11.3 Å². The number of benzene rings is 1. The first-order valence-electron chi connectivity index (χ1n) is 5.68. The van der Waals surface area contributed by atoms with Gasteiger partial charge in [0.15, 0.2) is 0 Å². The topological polar surface area (TPSA) is 17.1 Å². The SMILES string of the molecule is CC(C)(C)c1ccc(C(=O)c2ccccc2)s1. The quantitative estimate of drug-likeness (QED) is 0.721. The van der Waals surface area contributed by atoms with E-state index >= 15 is 0 Å². The Morgan fingerprint density at radius 1 is 1.00 bits per heavy atom. The molecule has 17 heavy (non-hydrogen) atoms. The van der Waals surface area contributed by atoms with E-state index in [9.17, 15) is 4.79 Å². The molecule has 0 fully saturated rings. The lowest BCUT2D eigenvalue weighted by Gasteiger charge is -2.15. The van der Waals surface area contributed by atoms with Gasteiger partial charge < -0.3 is 0 Å². The largest absolute Gasteiger partial charge is 0.288 e. The van der Waals surface area contributed by atoms with Crippen molar-refractivity contribution in [2.75, 3.05) is 0 Å². The van der Waals surface area contributed by atoms with Gasteiger partial charge in [-0.25, -0.2) is 0 Å². The summed E-state index contributed by atoms with van der Waals surface area (Å²) in [5.74, 6) is 0.117. The van der Waals surface area contributed by atoms with Crippen molar-refractivity contribution in [1.29, 1.82) is 0 Å². The second kappa shape index (κ2) is 4.46. The highest BCUT2D eigenvalue weighted by atomic mass is 32.1. The van der Waals surface area contributed by atoms with Crippen LogP contribution >= 0.6 is 11.3 Å². The molecule has 0 atom stereocenters. The predicted molar refractivity (Wildman–Crippen MR) is 72.9 cm³/mol. The van der Waals surface area contributed by atoms with E-state index in [-0.39, 0.29) is 11.2 Å². The highest BCUT2D eigenvalue weighted by Gasteiger charge is 2.18. The second-order valence-corrected chi connectivity index (χ2v) is 6.19. The first-order chi connectivity index (χ1) is 7.98. The molecular formula is C15H16OS. The number of rotatable bonds is 2. The summed E-state index contributed by atoms with van der Waals surface area (Å²) in [6.45, 7) is 6.49. The Hall–Kier alpha value is -1.41. The molecule has 0 spiro atoms. The molecule has 2 aromatic rings.